The SMILES string of the molecule is CC(=O)c1ccc(-c2ccc(C(=O)NC3CCN(C(=O)c4ccoc4)CC3)o2)cc1. The van der Waals surface area contributed by atoms with Crippen LogP contribution in [-0.2, 0) is 0 Å². The molecule has 1 aliphatic rings. The average molecular weight is 406 g/mol. The van der Waals surface area contributed by atoms with E-state index in [1.54, 1.807) is 47.4 Å². The molecule has 1 fully saturated rings. The summed E-state index contributed by atoms with van der Waals surface area (Å²) in [5.41, 5.74) is 1.96. The Balaban J connectivity index is 1.33. The minimum Gasteiger partial charge on any atom is -0.472 e. The Bertz CT molecular complexity index is 1040. The number of amides is 2. The quantitative estimate of drug-likeness (QED) is 0.651. The van der Waals surface area contributed by atoms with Crippen LogP contribution in [0.15, 0.2) is 63.8 Å². The predicted octanol–water partition coefficient (Wildman–Crippen LogP) is 3.78. The number of furan rings is 2. The molecule has 0 unspecified atom stereocenters. The van der Waals surface area contributed by atoms with Gasteiger partial charge in [0.1, 0.15) is 12.0 Å². The monoisotopic (exact) mass is 406 g/mol. The number of rotatable bonds is 5. The Labute approximate surface area is 173 Å². The Morgan fingerprint density at radius 3 is 2.33 bits per heavy atom. The third-order valence-electron chi connectivity index (χ3n) is 5.29. The molecule has 0 atom stereocenters. The summed E-state index contributed by atoms with van der Waals surface area (Å²) in [7, 11) is 0. The van der Waals surface area contributed by atoms with Crippen molar-refractivity contribution >= 4 is 17.6 Å². The molecule has 1 saturated heterocycles. The zero-order valence-electron chi connectivity index (χ0n) is 16.6. The van der Waals surface area contributed by atoms with Crippen molar-refractivity contribution in [2.75, 3.05) is 13.1 Å². The second-order valence-electron chi connectivity index (χ2n) is 7.35. The number of likely N-dealkylation sites (tertiary alicyclic amines) is 1. The molecule has 3 heterocycles. The topological polar surface area (TPSA) is 92.8 Å². The van der Waals surface area contributed by atoms with Gasteiger partial charge in [-0.25, -0.2) is 0 Å². The fraction of sp³-hybridized carbons (Fsp3) is 0.261. The van der Waals surface area contributed by atoms with Crippen molar-refractivity contribution in [2.24, 2.45) is 0 Å². The van der Waals surface area contributed by atoms with Crippen LogP contribution in [-0.4, -0.2) is 41.6 Å². The van der Waals surface area contributed by atoms with Gasteiger partial charge in [-0.3, -0.25) is 14.4 Å². The van der Waals surface area contributed by atoms with Gasteiger partial charge in [0.15, 0.2) is 11.5 Å². The number of hydrogen-bond donors (Lipinski definition) is 1. The van der Waals surface area contributed by atoms with Gasteiger partial charge in [0, 0.05) is 30.3 Å². The molecule has 1 N–H and O–H groups in total. The molecule has 0 aliphatic carbocycles. The van der Waals surface area contributed by atoms with Crippen LogP contribution in [0.2, 0.25) is 0 Å². The molecular formula is C23H22N2O5. The maximum Gasteiger partial charge on any atom is 0.287 e. The van der Waals surface area contributed by atoms with Gasteiger partial charge in [-0.15, -0.1) is 0 Å². The first kappa shape index (κ1) is 19.7. The van der Waals surface area contributed by atoms with Crippen LogP contribution in [0.3, 0.4) is 0 Å². The third-order valence-corrected chi connectivity index (χ3v) is 5.29. The fourth-order valence-corrected chi connectivity index (χ4v) is 3.54. The number of ketones is 1. The summed E-state index contributed by atoms with van der Waals surface area (Å²) in [5.74, 6) is 0.466. The summed E-state index contributed by atoms with van der Waals surface area (Å²) in [4.78, 5) is 38.1. The van der Waals surface area contributed by atoms with E-state index in [9.17, 15) is 14.4 Å². The van der Waals surface area contributed by atoms with Crippen molar-refractivity contribution in [3.05, 3.63) is 71.9 Å². The number of hydrogen-bond acceptors (Lipinski definition) is 5. The largest absolute Gasteiger partial charge is 0.472 e. The van der Waals surface area contributed by atoms with E-state index in [1.807, 2.05) is 0 Å². The van der Waals surface area contributed by atoms with E-state index in [2.05, 4.69) is 5.32 Å². The number of carbonyl (C=O) groups is 3. The van der Waals surface area contributed by atoms with E-state index in [-0.39, 0.29) is 29.4 Å². The highest BCUT2D eigenvalue weighted by molar-refractivity contribution is 5.95. The molecule has 0 radical (unpaired) electrons. The molecule has 0 saturated carbocycles. The zero-order valence-corrected chi connectivity index (χ0v) is 16.6. The normalized spacial score (nSPS) is 14.5. The van der Waals surface area contributed by atoms with Crippen molar-refractivity contribution in [2.45, 2.75) is 25.8 Å². The summed E-state index contributed by atoms with van der Waals surface area (Å²) in [6.45, 7) is 2.66. The summed E-state index contributed by atoms with van der Waals surface area (Å²) < 4.78 is 10.7. The molecule has 7 heteroatoms. The summed E-state index contributed by atoms with van der Waals surface area (Å²) >= 11 is 0. The number of benzene rings is 1. The van der Waals surface area contributed by atoms with Crippen LogP contribution in [0.25, 0.3) is 11.3 Å². The van der Waals surface area contributed by atoms with Gasteiger partial charge in [-0.1, -0.05) is 24.3 Å². The highest BCUT2D eigenvalue weighted by atomic mass is 16.4. The number of nitrogens with one attached hydrogen (secondary N) is 1. The first-order valence-corrected chi connectivity index (χ1v) is 9.85. The molecule has 1 aliphatic heterocycles. The Hall–Kier alpha value is -3.61. The second-order valence-corrected chi connectivity index (χ2v) is 7.35. The lowest BCUT2D eigenvalue weighted by Gasteiger charge is -2.32. The zero-order chi connectivity index (χ0) is 21.1. The first-order valence-electron chi connectivity index (χ1n) is 9.85. The highest BCUT2D eigenvalue weighted by Crippen LogP contribution is 2.23. The number of carbonyl (C=O) groups excluding carboxylic acids is 3. The van der Waals surface area contributed by atoms with E-state index in [0.29, 0.717) is 42.8 Å². The lowest BCUT2D eigenvalue weighted by molar-refractivity contribution is 0.0695. The third kappa shape index (κ3) is 4.20. The van der Waals surface area contributed by atoms with E-state index < -0.39 is 0 Å². The molecule has 2 amide bonds. The molecule has 7 nitrogen and oxygen atoms in total. The van der Waals surface area contributed by atoms with Gasteiger partial charge in [-0.2, -0.15) is 0 Å². The van der Waals surface area contributed by atoms with E-state index in [4.69, 9.17) is 8.83 Å². The minimum atomic E-state index is -0.277. The van der Waals surface area contributed by atoms with Gasteiger partial charge in [0.2, 0.25) is 0 Å². The van der Waals surface area contributed by atoms with Crippen molar-refractivity contribution in [1.29, 1.82) is 0 Å². The fourth-order valence-electron chi connectivity index (χ4n) is 3.54. The summed E-state index contributed by atoms with van der Waals surface area (Å²) in [6, 6.07) is 12.1. The predicted molar refractivity (Wildman–Crippen MR) is 109 cm³/mol. The van der Waals surface area contributed by atoms with Crippen molar-refractivity contribution in [3.63, 3.8) is 0 Å². The maximum atomic E-state index is 12.6. The van der Waals surface area contributed by atoms with Gasteiger partial charge in [0.25, 0.3) is 11.8 Å². The number of Topliss-reactive ketones (excluding diaryl/α,β-unsaturated/α-hetero) is 1. The number of nitrogens with zero attached hydrogens (tertiary/aromatic N) is 1. The Morgan fingerprint density at radius 1 is 0.967 bits per heavy atom. The van der Waals surface area contributed by atoms with Gasteiger partial charge in [-0.05, 0) is 38.0 Å². The number of piperidine rings is 1. The lowest BCUT2D eigenvalue weighted by Crippen LogP contribution is -2.46. The van der Waals surface area contributed by atoms with Crippen LogP contribution in [0, 0.1) is 0 Å². The lowest BCUT2D eigenvalue weighted by atomic mass is 10.0. The van der Waals surface area contributed by atoms with E-state index in [0.717, 1.165) is 5.56 Å². The Morgan fingerprint density at radius 2 is 1.70 bits per heavy atom. The molecule has 0 spiro atoms. The van der Waals surface area contributed by atoms with E-state index >= 15 is 0 Å². The molecule has 30 heavy (non-hydrogen) atoms. The molecule has 0 bridgehead atoms. The molecular weight excluding hydrogens is 384 g/mol. The van der Waals surface area contributed by atoms with Crippen LogP contribution in [0.5, 0.6) is 0 Å². The van der Waals surface area contributed by atoms with Gasteiger partial charge >= 0.3 is 0 Å². The summed E-state index contributed by atoms with van der Waals surface area (Å²) in [5, 5.41) is 2.98. The summed E-state index contributed by atoms with van der Waals surface area (Å²) in [6.07, 6.45) is 4.28. The van der Waals surface area contributed by atoms with Gasteiger partial charge in [0.05, 0.1) is 11.8 Å². The van der Waals surface area contributed by atoms with Crippen LogP contribution in [0.4, 0.5) is 0 Å². The first-order chi connectivity index (χ1) is 14.5. The van der Waals surface area contributed by atoms with Crippen LogP contribution in [0.1, 0.15) is 51.0 Å². The standard InChI is InChI=1S/C23H22N2O5/c1-15(26)16-2-4-17(5-3-16)20-6-7-21(30-20)22(27)24-19-8-11-25(12-9-19)23(28)18-10-13-29-14-18/h2-7,10,13-14,19H,8-9,11-12H2,1H3,(H,24,27). The maximum absolute atomic E-state index is 12.6. The Kier molecular flexibility index (Phi) is 5.52. The van der Waals surface area contributed by atoms with E-state index in [1.165, 1.54) is 19.5 Å². The smallest absolute Gasteiger partial charge is 0.287 e. The van der Waals surface area contributed by atoms with Crippen molar-refractivity contribution in [3.8, 4) is 11.3 Å². The minimum absolute atomic E-state index is 0.00132. The van der Waals surface area contributed by atoms with Crippen LogP contribution >= 0.6 is 0 Å². The average Bonchev–Trinajstić information content (AvgIpc) is 3.46. The molecule has 3 aromatic rings. The second kappa shape index (κ2) is 8.41. The van der Waals surface area contributed by atoms with Gasteiger partial charge < -0.3 is 19.1 Å². The van der Waals surface area contributed by atoms with Crippen molar-refractivity contribution in [1.82, 2.24) is 10.2 Å². The molecule has 154 valence electrons. The molecule has 1 aromatic carbocycles. The highest BCUT2D eigenvalue weighted by Gasteiger charge is 2.26. The molecule has 4 rings (SSSR count). The van der Waals surface area contributed by atoms with Crippen LogP contribution < -0.4 is 5.32 Å². The van der Waals surface area contributed by atoms with Crippen molar-refractivity contribution < 1.29 is 23.2 Å². The molecule has 2 aromatic heterocycles.